The lowest BCUT2D eigenvalue weighted by molar-refractivity contribution is -0.141. The number of thiophene rings is 1. The van der Waals surface area contributed by atoms with Gasteiger partial charge in [0.05, 0.1) is 6.33 Å². The molecule has 0 spiro atoms. The van der Waals surface area contributed by atoms with Gasteiger partial charge in [-0.1, -0.05) is 6.07 Å². The Labute approximate surface area is 119 Å². The summed E-state index contributed by atoms with van der Waals surface area (Å²) in [5.74, 6) is -1.53. The van der Waals surface area contributed by atoms with E-state index in [0.717, 1.165) is 4.88 Å². The zero-order valence-electron chi connectivity index (χ0n) is 10.4. The largest absolute Gasteiger partial charge is 0.480 e. The van der Waals surface area contributed by atoms with Gasteiger partial charge in [-0.05, 0) is 17.5 Å². The van der Waals surface area contributed by atoms with Crippen LogP contribution in [0.15, 0.2) is 36.1 Å². The van der Waals surface area contributed by atoms with Crippen molar-refractivity contribution in [1.82, 2.24) is 15.3 Å². The molecule has 0 aliphatic carbocycles. The van der Waals surface area contributed by atoms with Gasteiger partial charge in [-0.2, -0.15) is 0 Å². The van der Waals surface area contributed by atoms with E-state index in [4.69, 9.17) is 5.11 Å². The lowest BCUT2D eigenvalue weighted by Gasteiger charge is -2.11. The average Bonchev–Trinajstić information content (AvgIpc) is 3.08. The molecule has 1 atom stereocenters. The van der Waals surface area contributed by atoms with Gasteiger partial charge < -0.3 is 15.4 Å². The molecule has 2 aromatic heterocycles. The lowest BCUT2D eigenvalue weighted by Crippen LogP contribution is -2.41. The highest BCUT2D eigenvalue weighted by atomic mass is 32.1. The van der Waals surface area contributed by atoms with Crippen LogP contribution in [0.1, 0.15) is 10.6 Å². The summed E-state index contributed by atoms with van der Waals surface area (Å²) in [4.78, 5) is 30.4. The normalized spacial score (nSPS) is 12.4. The Morgan fingerprint density at radius 1 is 1.55 bits per heavy atom. The molecule has 0 saturated heterocycles. The standard InChI is InChI=1S/C13H13N3O3S/c17-12(4-3-10-2-1-5-20-10)16-11(13(18)19)6-9-7-14-8-15-9/h1-5,7-8,11H,6H2,(H,14,15)(H,16,17)(H,18,19)/b4-3+. The molecule has 2 heterocycles. The Bertz CT molecular complexity index is 590. The number of carboxylic acids is 1. The van der Waals surface area contributed by atoms with Crippen molar-refractivity contribution in [1.29, 1.82) is 0 Å². The molecule has 20 heavy (non-hydrogen) atoms. The number of aromatic amines is 1. The summed E-state index contributed by atoms with van der Waals surface area (Å²) in [6.45, 7) is 0. The first-order valence-corrected chi connectivity index (χ1v) is 6.75. The third kappa shape index (κ3) is 4.06. The zero-order valence-corrected chi connectivity index (χ0v) is 11.3. The topological polar surface area (TPSA) is 95.1 Å². The molecule has 0 aromatic carbocycles. The number of amides is 1. The molecule has 6 nitrogen and oxygen atoms in total. The van der Waals surface area contributed by atoms with E-state index in [1.54, 1.807) is 6.08 Å². The number of aromatic nitrogens is 2. The third-order valence-corrected chi connectivity index (χ3v) is 3.37. The van der Waals surface area contributed by atoms with Crippen molar-refractivity contribution in [3.63, 3.8) is 0 Å². The molecule has 104 valence electrons. The summed E-state index contributed by atoms with van der Waals surface area (Å²) in [7, 11) is 0. The molecule has 2 aromatic rings. The summed E-state index contributed by atoms with van der Waals surface area (Å²) in [5.41, 5.74) is 0.653. The number of carboxylic acid groups (broad SMARTS) is 1. The van der Waals surface area contributed by atoms with Crippen molar-refractivity contribution in [2.24, 2.45) is 0 Å². The molecular formula is C13H13N3O3S. The van der Waals surface area contributed by atoms with Crippen molar-refractivity contribution >= 4 is 29.3 Å². The summed E-state index contributed by atoms with van der Waals surface area (Å²) < 4.78 is 0. The molecule has 0 saturated carbocycles. The first-order valence-electron chi connectivity index (χ1n) is 5.87. The number of rotatable bonds is 6. The van der Waals surface area contributed by atoms with Crippen LogP contribution >= 0.6 is 11.3 Å². The molecular weight excluding hydrogens is 278 g/mol. The van der Waals surface area contributed by atoms with Crippen LogP contribution in [0.2, 0.25) is 0 Å². The van der Waals surface area contributed by atoms with Gasteiger partial charge in [-0.25, -0.2) is 9.78 Å². The summed E-state index contributed by atoms with van der Waals surface area (Å²) in [5, 5.41) is 13.4. The molecule has 1 amide bonds. The van der Waals surface area contributed by atoms with Gasteiger partial charge in [0.1, 0.15) is 6.04 Å². The van der Waals surface area contributed by atoms with E-state index >= 15 is 0 Å². The monoisotopic (exact) mass is 291 g/mol. The Kier molecular flexibility index (Phi) is 4.67. The van der Waals surface area contributed by atoms with Crippen molar-refractivity contribution in [2.75, 3.05) is 0 Å². The smallest absolute Gasteiger partial charge is 0.326 e. The second-order valence-electron chi connectivity index (χ2n) is 4.03. The highest BCUT2D eigenvalue weighted by molar-refractivity contribution is 7.10. The van der Waals surface area contributed by atoms with Crippen LogP contribution in [-0.2, 0) is 16.0 Å². The van der Waals surface area contributed by atoms with Crippen LogP contribution in [0.3, 0.4) is 0 Å². The number of imidazole rings is 1. The maximum absolute atomic E-state index is 11.7. The van der Waals surface area contributed by atoms with E-state index in [2.05, 4.69) is 15.3 Å². The highest BCUT2D eigenvalue weighted by Crippen LogP contribution is 2.10. The SMILES string of the molecule is O=C(/C=C/c1cccs1)NC(Cc1cnc[nH]1)C(=O)O. The predicted molar refractivity (Wildman–Crippen MR) is 75.2 cm³/mol. The summed E-state index contributed by atoms with van der Waals surface area (Å²) in [6, 6.07) is 2.75. The molecule has 0 bridgehead atoms. The molecule has 1 unspecified atom stereocenters. The van der Waals surface area contributed by atoms with Gasteiger partial charge in [0, 0.05) is 29.3 Å². The minimum atomic E-state index is -1.09. The van der Waals surface area contributed by atoms with E-state index in [1.807, 2.05) is 17.5 Å². The quantitative estimate of drug-likeness (QED) is 0.699. The van der Waals surface area contributed by atoms with Crippen molar-refractivity contribution < 1.29 is 14.7 Å². The van der Waals surface area contributed by atoms with E-state index in [1.165, 1.54) is 29.9 Å². The second-order valence-corrected chi connectivity index (χ2v) is 5.01. The van der Waals surface area contributed by atoms with Gasteiger partial charge in [-0.3, -0.25) is 4.79 Å². The molecule has 3 N–H and O–H groups in total. The fourth-order valence-corrected chi connectivity index (χ4v) is 2.20. The number of nitrogens with one attached hydrogen (secondary N) is 2. The zero-order chi connectivity index (χ0) is 14.4. The Hall–Kier alpha value is -2.41. The number of aliphatic carboxylic acids is 1. The number of hydrogen-bond donors (Lipinski definition) is 3. The van der Waals surface area contributed by atoms with E-state index < -0.39 is 17.9 Å². The fraction of sp³-hybridized carbons (Fsp3) is 0.154. The maximum atomic E-state index is 11.7. The number of hydrogen-bond acceptors (Lipinski definition) is 4. The van der Waals surface area contributed by atoms with Crippen molar-refractivity contribution in [3.8, 4) is 0 Å². The first-order chi connectivity index (χ1) is 9.65. The maximum Gasteiger partial charge on any atom is 0.326 e. The van der Waals surface area contributed by atoms with Crippen LogP contribution in [0.5, 0.6) is 0 Å². The van der Waals surface area contributed by atoms with Crippen LogP contribution < -0.4 is 5.32 Å². The highest BCUT2D eigenvalue weighted by Gasteiger charge is 2.19. The van der Waals surface area contributed by atoms with Gasteiger partial charge in [0.2, 0.25) is 5.91 Å². The lowest BCUT2D eigenvalue weighted by atomic mass is 10.1. The number of carbonyl (C=O) groups is 2. The average molecular weight is 291 g/mol. The minimum Gasteiger partial charge on any atom is -0.480 e. The third-order valence-electron chi connectivity index (χ3n) is 2.54. The molecule has 0 aliphatic heterocycles. The fourth-order valence-electron chi connectivity index (χ4n) is 1.58. The van der Waals surface area contributed by atoms with E-state index in [9.17, 15) is 9.59 Å². The van der Waals surface area contributed by atoms with Gasteiger partial charge >= 0.3 is 5.97 Å². The van der Waals surface area contributed by atoms with Crippen molar-refractivity contribution in [2.45, 2.75) is 12.5 Å². The Balaban J connectivity index is 1.94. The first kappa shape index (κ1) is 14.0. The van der Waals surface area contributed by atoms with E-state index in [-0.39, 0.29) is 6.42 Å². The molecule has 0 fully saturated rings. The predicted octanol–water partition coefficient (Wildman–Crippen LogP) is 1.30. The van der Waals surface area contributed by atoms with Crippen LogP contribution in [0.25, 0.3) is 6.08 Å². The molecule has 0 aliphatic rings. The van der Waals surface area contributed by atoms with Crippen LogP contribution in [0, 0.1) is 0 Å². The number of nitrogens with zero attached hydrogens (tertiary/aromatic N) is 1. The molecule has 2 rings (SSSR count). The summed E-state index contributed by atoms with van der Waals surface area (Å²) >= 11 is 1.50. The Morgan fingerprint density at radius 2 is 2.40 bits per heavy atom. The van der Waals surface area contributed by atoms with Crippen LogP contribution in [-0.4, -0.2) is 33.0 Å². The molecule has 0 radical (unpaired) electrons. The second kappa shape index (κ2) is 6.67. The summed E-state index contributed by atoms with van der Waals surface area (Å²) in [6.07, 6.45) is 6.13. The minimum absolute atomic E-state index is 0.161. The number of H-pyrrole nitrogens is 1. The molecule has 7 heteroatoms. The van der Waals surface area contributed by atoms with E-state index in [0.29, 0.717) is 5.69 Å². The van der Waals surface area contributed by atoms with Crippen molar-refractivity contribution in [3.05, 3.63) is 46.7 Å². The van der Waals surface area contributed by atoms with Crippen LogP contribution in [0.4, 0.5) is 0 Å². The number of carbonyl (C=O) groups excluding carboxylic acids is 1. The Morgan fingerprint density at radius 3 is 3.00 bits per heavy atom. The van der Waals surface area contributed by atoms with Gasteiger partial charge in [0.15, 0.2) is 0 Å². The van der Waals surface area contributed by atoms with Gasteiger partial charge in [0.25, 0.3) is 0 Å². The van der Waals surface area contributed by atoms with Gasteiger partial charge in [-0.15, -0.1) is 11.3 Å².